The van der Waals surface area contributed by atoms with E-state index in [4.69, 9.17) is 9.97 Å². The van der Waals surface area contributed by atoms with Crippen LogP contribution >= 0.6 is 23.1 Å². The number of aryl methyl sites for hydroxylation is 1. The van der Waals surface area contributed by atoms with Crippen molar-refractivity contribution in [3.05, 3.63) is 46.9 Å². The van der Waals surface area contributed by atoms with Crippen molar-refractivity contribution in [2.45, 2.75) is 62.9 Å². The molecule has 1 aliphatic carbocycles. The van der Waals surface area contributed by atoms with E-state index >= 15 is 0 Å². The maximum absolute atomic E-state index is 4.85. The Bertz CT molecular complexity index is 863. The summed E-state index contributed by atoms with van der Waals surface area (Å²) in [5.41, 5.74) is 4.54. The van der Waals surface area contributed by atoms with Crippen molar-refractivity contribution in [2.24, 2.45) is 0 Å². The van der Waals surface area contributed by atoms with Crippen LogP contribution in [0.5, 0.6) is 0 Å². The van der Waals surface area contributed by atoms with Crippen LogP contribution in [0.2, 0.25) is 0 Å². The Hall–Kier alpha value is -1.66. The molecule has 136 valence electrons. The van der Waals surface area contributed by atoms with Crippen molar-refractivity contribution in [3.63, 3.8) is 0 Å². The van der Waals surface area contributed by atoms with Crippen molar-refractivity contribution < 1.29 is 0 Å². The van der Waals surface area contributed by atoms with Crippen LogP contribution in [-0.4, -0.2) is 19.5 Å². The Morgan fingerprint density at radius 3 is 2.77 bits per heavy atom. The largest absolute Gasteiger partial charge is 0.320 e. The number of rotatable bonds is 5. The van der Waals surface area contributed by atoms with Gasteiger partial charge in [-0.25, -0.2) is 9.97 Å². The van der Waals surface area contributed by atoms with Crippen LogP contribution in [0.25, 0.3) is 10.7 Å². The first-order chi connectivity index (χ1) is 12.7. The highest BCUT2D eigenvalue weighted by atomic mass is 32.2. The van der Waals surface area contributed by atoms with Crippen LogP contribution in [0.4, 0.5) is 0 Å². The number of aromatic nitrogens is 4. The minimum atomic E-state index is 0.618. The fourth-order valence-corrected chi connectivity index (χ4v) is 5.54. The Balaban J connectivity index is 1.50. The van der Waals surface area contributed by atoms with Crippen molar-refractivity contribution in [1.82, 2.24) is 19.5 Å². The monoisotopic (exact) mass is 384 g/mol. The van der Waals surface area contributed by atoms with Gasteiger partial charge in [0.05, 0.1) is 17.1 Å². The Morgan fingerprint density at radius 1 is 1.15 bits per heavy atom. The molecule has 0 N–H and O–H groups in total. The molecule has 1 aliphatic rings. The summed E-state index contributed by atoms with van der Waals surface area (Å²) in [6.45, 7) is 4.34. The summed E-state index contributed by atoms with van der Waals surface area (Å²) in [5.74, 6) is 0.853. The minimum Gasteiger partial charge on any atom is -0.320 e. The van der Waals surface area contributed by atoms with E-state index < -0.39 is 0 Å². The summed E-state index contributed by atoms with van der Waals surface area (Å²) in [5, 5.41) is 4.29. The number of nitrogens with zero attached hydrogens (tertiary/aromatic N) is 4. The lowest BCUT2D eigenvalue weighted by Gasteiger charge is -2.26. The third-order valence-corrected chi connectivity index (χ3v) is 6.98. The lowest BCUT2D eigenvalue weighted by atomic mass is 9.95. The topological polar surface area (TPSA) is 43.6 Å². The first-order valence-electron chi connectivity index (χ1n) is 9.26. The van der Waals surface area contributed by atoms with E-state index in [2.05, 4.69) is 28.8 Å². The number of thioether (sulfide) groups is 1. The van der Waals surface area contributed by atoms with Crippen molar-refractivity contribution in [3.8, 4) is 10.7 Å². The van der Waals surface area contributed by atoms with Gasteiger partial charge in [-0.3, -0.25) is 4.98 Å². The van der Waals surface area contributed by atoms with E-state index in [1.165, 1.54) is 37.8 Å². The molecular weight excluding hydrogens is 360 g/mol. The summed E-state index contributed by atoms with van der Waals surface area (Å²) in [7, 11) is 0. The Kier molecular flexibility index (Phi) is 5.41. The molecule has 0 bridgehead atoms. The average Bonchev–Trinajstić information content (AvgIpc) is 3.26. The molecule has 0 amide bonds. The molecule has 3 heterocycles. The number of hydrogen-bond donors (Lipinski definition) is 0. The van der Waals surface area contributed by atoms with Gasteiger partial charge >= 0.3 is 0 Å². The van der Waals surface area contributed by atoms with Gasteiger partial charge in [0, 0.05) is 29.1 Å². The summed E-state index contributed by atoms with van der Waals surface area (Å²) in [6, 6.07) is 6.57. The van der Waals surface area contributed by atoms with E-state index in [0.29, 0.717) is 6.04 Å². The highest BCUT2D eigenvalue weighted by Gasteiger charge is 2.22. The quantitative estimate of drug-likeness (QED) is 0.520. The van der Waals surface area contributed by atoms with Crippen molar-refractivity contribution >= 4 is 23.1 Å². The molecule has 1 saturated carbocycles. The van der Waals surface area contributed by atoms with Gasteiger partial charge in [-0.2, -0.15) is 0 Å². The van der Waals surface area contributed by atoms with Crippen LogP contribution in [0, 0.1) is 13.8 Å². The molecule has 0 spiro atoms. The zero-order valence-electron chi connectivity index (χ0n) is 15.3. The van der Waals surface area contributed by atoms with Crippen molar-refractivity contribution in [2.75, 3.05) is 0 Å². The predicted octanol–water partition coefficient (Wildman–Crippen LogP) is 5.82. The lowest BCUT2D eigenvalue weighted by Crippen LogP contribution is -2.15. The molecular formula is C20H24N4S2. The van der Waals surface area contributed by atoms with Gasteiger partial charge in [0.15, 0.2) is 5.16 Å². The predicted molar refractivity (Wildman–Crippen MR) is 109 cm³/mol. The van der Waals surface area contributed by atoms with Gasteiger partial charge in [-0.05, 0) is 38.8 Å². The number of hydrogen-bond acceptors (Lipinski definition) is 5. The third-order valence-electron chi connectivity index (χ3n) is 5.08. The van der Waals surface area contributed by atoms with Crippen molar-refractivity contribution in [1.29, 1.82) is 0 Å². The maximum Gasteiger partial charge on any atom is 0.169 e. The summed E-state index contributed by atoms with van der Waals surface area (Å²) >= 11 is 3.48. The lowest BCUT2D eigenvalue weighted by molar-refractivity contribution is 0.332. The second kappa shape index (κ2) is 7.92. The normalized spacial score (nSPS) is 15.5. The molecule has 4 rings (SSSR count). The van der Waals surface area contributed by atoms with Gasteiger partial charge < -0.3 is 4.57 Å². The first-order valence-corrected chi connectivity index (χ1v) is 11.1. The Labute approximate surface area is 163 Å². The van der Waals surface area contributed by atoms with E-state index in [1.807, 2.05) is 36.2 Å². The molecule has 0 saturated heterocycles. The minimum absolute atomic E-state index is 0.618. The molecule has 3 aromatic heterocycles. The van der Waals surface area contributed by atoms with Gasteiger partial charge in [-0.15, -0.1) is 11.3 Å². The molecule has 6 heteroatoms. The summed E-state index contributed by atoms with van der Waals surface area (Å²) in [6.07, 6.45) is 8.43. The molecule has 3 aromatic rings. The molecule has 0 radical (unpaired) electrons. The molecule has 1 fully saturated rings. The molecule has 4 nitrogen and oxygen atoms in total. The van der Waals surface area contributed by atoms with Crippen LogP contribution in [0.1, 0.15) is 55.2 Å². The molecule has 0 unspecified atom stereocenters. The van der Waals surface area contributed by atoms with Gasteiger partial charge in [0.1, 0.15) is 5.01 Å². The van der Waals surface area contributed by atoms with E-state index in [-0.39, 0.29) is 0 Å². The first kappa shape index (κ1) is 17.7. The molecule has 0 aliphatic heterocycles. The highest BCUT2D eigenvalue weighted by molar-refractivity contribution is 7.98. The van der Waals surface area contributed by atoms with Crippen LogP contribution < -0.4 is 0 Å². The second-order valence-corrected chi connectivity index (χ2v) is 8.68. The molecule has 0 atom stereocenters. The van der Waals surface area contributed by atoms with Crippen LogP contribution in [0.3, 0.4) is 0 Å². The van der Waals surface area contributed by atoms with Gasteiger partial charge in [-0.1, -0.05) is 37.1 Å². The SMILES string of the molecule is Cc1nc(SCc2csc(-c3ccccn3)n2)n(C2CCCCC2)c1C. The molecule has 26 heavy (non-hydrogen) atoms. The number of thiazole rings is 1. The number of pyridine rings is 1. The highest BCUT2D eigenvalue weighted by Crippen LogP contribution is 2.35. The van der Waals surface area contributed by atoms with E-state index in [9.17, 15) is 0 Å². The van der Waals surface area contributed by atoms with Crippen LogP contribution in [0.15, 0.2) is 34.9 Å². The molecule has 0 aromatic carbocycles. The standard InChI is InChI=1S/C20H24N4S2/c1-14-15(2)24(17-8-4-3-5-9-17)20(22-14)26-13-16-12-25-19(23-16)18-10-6-7-11-21-18/h6-7,10-12,17H,3-5,8-9,13H2,1-2H3. The van der Waals surface area contributed by atoms with E-state index in [0.717, 1.165) is 33.0 Å². The second-order valence-electron chi connectivity index (χ2n) is 6.87. The number of imidazole rings is 1. The zero-order chi connectivity index (χ0) is 17.9. The average molecular weight is 385 g/mol. The zero-order valence-corrected chi connectivity index (χ0v) is 16.9. The smallest absolute Gasteiger partial charge is 0.169 e. The fraction of sp³-hybridized carbons (Fsp3) is 0.450. The van der Waals surface area contributed by atoms with Gasteiger partial charge in [0.25, 0.3) is 0 Å². The summed E-state index contributed by atoms with van der Waals surface area (Å²) < 4.78 is 2.49. The Morgan fingerprint density at radius 2 is 2.00 bits per heavy atom. The fourth-order valence-electron chi connectivity index (χ4n) is 3.59. The maximum atomic E-state index is 4.85. The summed E-state index contributed by atoms with van der Waals surface area (Å²) in [4.78, 5) is 14.0. The van der Waals surface area contributed by atoms with Gasteiger partial charge in [0.2, 0.25) is 0 Å². The third kappa shape index (κ3) is 3.71. The van der Waals surface area contributed by atoms with E-state index in [1.54, 1.807) is 11.3 Å². The van der Waals surface area contributed by atoms with Crippen LogP contribution in [-0.2, 0) is 5.75 Å².